The Morgan fingerprint density at radius 2 is 2.15 bits per heavy atom. The van der Waals surface area contributed by atoms with Gasteiger partial charge in [-0.15, -0.1) is 0 Å². The summed E-state index contributed by atoms with van der Waals surface area (Å²) in [6.45, 7) is 0. The summed E-state index contributed by atoms with van der Waals surface area (Å²) in [5.74, 6) is 0.295. The van der Waals surface area contributed by atoms with Crippen LogP contribution in [-0.2, 0) is 8.03 Å². The molecule has 0 bridgehead atoms. The standard InChI is InChI=1S/C7H3Br2ClN2O/c8-7(9)3-1-2-4(10)11-5(3)12-6(7)13/h1-2H,(H,11,12,13). The first kappa shape index (κ1) is 9.43. The van der Waals surface area contributed by atoms with Gasteiger partial charge >= 0.3 is 0 Å². The number of hydrogen-bond donors (Lipinski definition) is 1. The highest BCUT2D eigenvalue weighted by atomic mass is 79.9. The van der Waals surface area contributed by atoms with Crippen LogP contribution < -0.4 is 5.32 Å². The van der Waals surface area contributed by atoms with Gasteiger partial charge in [-0.05, 0) is 12.1 Å². The molecule has 0 aromatic carbocycles. The number of rotatable bonds is 0. The van der Waals surface area contributed by atoms with Crippen LogP contribution in [0.2, 0.25) is 5.15 Å². The van der Waals surface area contributed by atoms with Crippen molar-refractivity contribution in [3.8, 4) is 0 Å². The molecule has 1 aliphatic heterocycles. The number of anilines is 1. The second kappa shape index (κ2) is 2.93. The van der Waals surface area contributed by atoms with Gasteiger partial charge in [-0.3, -0.25) is 4.79 Å². The number of halogens is 3. The molecule has 0 saturated carbocycles. The van der Waals surface area contributed by atoms with Gasteiger partial charge in [0.25, 0.3) is 5.91 Å². The number of pyridine rings is 1. The van der Waals surface area contributed by atoms with Crippen LogP contribution in [0.25, 0.3) is 0 Å². The number of carbonyl (C=O) groups is 1. The largest absolute Gasteiger partial charge is 0.308 e. The monoisotopic (exact) mass is 324 g/mol. The molecule has 2 heterocycles. The van der Waals surface area contributed by atoms with Crippen LogP contribution in [0, 0.1) is 0 Å². The van der Waals surface area contributed by atoms with Crippen molar-refractivity contribution >= 4 is 55.2 Å². The lowest BCUT2D eigenvalue weighted by Gasteiger charge is -2.08. The third kappa shape index (κ3) is 1.39. The van der Waals surface area contributed by atoms with Gasteiger partial charge in [0, 0.05) is 5.56 Å². The Hall–Kier alpha value is -0.130. The third-order valence-corrected chi connectivity index (χ3v) is 3.50. The Bertz CT molecular complexity index is 394. The van der Waals surface area contributed by atoms with Crippen LogP contribution in [0.15, 0.2) is 12.1 Å². The van der Waals surface area contributed by atoms with Gasteiger partial charge in [0.2, 0.25) is 0 Å². The second-order valence-electron chi connectivity index (χ2n) is 2.56. The maximum atomic E-state index is 11.4. The van der Waals surface area contributed by atoms with E-state index in [1.807, 2.05) is 0 Å². The summed E-state index contributed by atoms with van der Waals surface area (Å²) in [7, 11) is 0. The van der Waals surface area contributed by atoms with Gasteiger partial charge < -0.3 is 5.32 Å². The minimum Gasteiger partial charge on any atom is -0.308 e. The maximum absolute atomic E-state index is 11.4. The van der Waals surface area contributed by atoms with Crippen molar-refractivity contribution in [2.75, 3.05) is 5.32 Å². The summed E-state index contributed by atoms with van der Waals surface area (Å²) >= 11 is 12.2. The van der Waals surface area contributed by atoms with E-state index in [0.717, 1.165) is 5.56 Å². The van der Waals surface area contributed by atoms with E-state index >= 15 is 0 Å². The average molecular weight is 326 g/mol. The molecule has 1 N–H and O–H groups in total. The molecule has 68 valence electrons. The highest BCUT2D eigenvalue weighted by molar-refractivity contribution is 9.25. The number of amides is 1. The maximum Gasteiger partial charge on any atom is 0.258 e. The number of nitrogens with zero attached hydrogens (tertiary/aromatic N) is 1. The molecule has 13 heavy (non-hydrogen) atoms. The van der Waals surface area contributed by atoms with Gasteiger partial charge in [0.15, 0.2) is 3.23 Å². The number of aromatic nitrogens is 1. The van der Waals surface area contributed by atoms with Gasteiger partial charge in [-0.25, -0.2) is 4.98 Å². The van der Waals surface area contributed by atoms with Crippen molar-refractivity contribution < 1.29 is 4.79 Å². The SMILES string of the molecule is O=C1Nc2nc(Cl)ccc2C1(Br)Br. The summed E-state index contributed by atoms with van der Waals surface area (Å²) in [6, 6.07) is 3.38. The van der Waals surface area contributed by atoms with E-state index in [9.17, 15) is 4.79 Å². The Morgan fingerprint density at radius 1 is 1.46 bits per heavy atom. The molecule has 0 atom stereocenters. The smallest absolute Gasteiger partial charge is 0.258 e. The average Bonchev–Trinajstić information content (AvgIpc) is 2.23. The molecule has 0 unspecified atom stereocenters. The van der Waals surface area contributed by atoms with E-state index < -0.39 is 3.23 Å². The van der Waals surface area contributed by atoms with Gasteiger partial charge in [0.1, 0.15) is 11.0 Å². The van der Waals surface area contributed by atoms with E-state index in [1.165, 1.54) is 0 Å². The van der Waals surface area contributed by atoms with Crippen LogP contribution >= 0.6 is 43.5 Å². The molecule has 0 aliphatic carbocycles. The fraction of sp³-hybridized carbons (Fsp3) is 0.143. The van der Waals surface area contributed by atoms with Crippen LogP contribution in [0.4, 0.5) is 5.82 Å². The lowest BCUT2D eigenvalue weighted by Crippen LogP contribution is -2.20. The van der Waals surface area contributed by atoms with Crippen molar-refractivity contribution in [3.05, 3.63) is 22.8 Å². The van der Waals surface area contributed by atoms with Crippen molar-refractivity contribution in [2.24, 2.45) is 0 Å². The first-order chi connectivity index (χ1) is 6.01. The van der Waals surface area contributed by atoms with Crippen molar-refractivity contribution in [1.29, 1.82) is 0 Å². The van der Waals surface area contributed by atoms with Gasteiger partial charge in [-0.1, -0.05) is 43.5 Å². The van der Waals surface area contributed by atoms with Gasteiger partial charge in [-0.2, -0.15) is 0 Å². The zero-order chi connectivity index (χ0) is 9.64. The highest BCUT2D eigenvalue weighted by Gasteiger charge is 2.43. The molecular weight excluding hydrogens is 323 g/mol. The van der Waals surface area contributed by atoms with Crippen molar-refractivity contribution in [3.63, 3.8) is 0 Å². The zero-order valence-corrected chi connectivity index (χ0v) is 10.1. The summed E-state index contributed by atoms with van der Waals surface area (Å²) in [4.78, 5) is 15.3. The Morgan fingerprint density at radius 3 is 2.85 bits per heavy atom. The van der Waals surface area contributed by atoms with Crippen molar-refractivity contribution in [2.45, 2.75) is 3.23 Å². The number of carbonyl (C=O) groups excluding carboxylic acids is 1. The first-order valence-electron chi connectivity index (χ1n) is 3.38. The Kier molecular flexibility index (Phi) is 2.13. The molecule has 3 nitrogen and oxygen atoms in total. The van der Waals surface area contributed by atoms with E-state index in [-0.39, 0.29) is 5.91 Å². The molecule has 1 aromatic rings. The zero-order valence-electron chi connectivity index (χ0n) is 6.14. The molecule has 6 heteroatoms. The number of nitrogens with one attached hydrogen (secondary N) is 1. The van der Waals surface area contributed by atoms with E-state index in [4.69, 9.17) is 11.6 Å². The van der Waals surface area contributed by atoms with Crippen LogP contribution in [0.1, 0.15) is 5.56 Å². The highest BCUT2D eigenvalue weighted by Crippen LogP contribution is 2.46. The molecule has 0 saturated heterocycles. The summed E-state index contributed by atoms with van der Waals surface area (Å²) in [6.07, 6.45) is 0. The number of alkyl halides is 2. The van der Waals surface area contributed by atoms with Crippen LogP contribution in [0.5, 0.6) is 0 Å². The molecule has 0 radical (unpaired) electrons. The lowest BCUT2D eigenvalue weighted by atomic mass is 10.2. The summed E-state index contributed by atoms with van der Waals surface area (Å²) < 4.78 is -0.868. The molecule has 1 aliphatic rings. The number of fused-ring (bicyclic) bond motifs is 1. The summed E-state index contributed by atoms with van der Waals surface area (Å²) in [5.41, 5.74) is 0.738. The van der Waals surface area contributed by atoms with E-state index in [1.54, 1.807) is 12.1 Å². The van der Waals surface area contributed by atoms with Crippen LogP contribution in [-0.4, -0.2) is 10.9 Å². The second-order valence-corrected chi connectivity index (χ2v) is 6.39. The lowest BCUT2D eigenvalue weighted by molar-refractivity contribution is -0.115. The third-order valence-electron chi connectivity index (χ3n) is 1.72. The van der Waals surface area contributed by atoms with Crippen LogP contribution in [0.3, 0.4) is 0 Å². The predicted octanol–water partition coefficient (Wildman–Crippen LogP) is 2.63. The van der Waals surface area contributed by atoms with Gasteiger partial charge in [0.05, 0.1) is 0 Å². The quantitative estimate of drug-likeness (QED) is 0.588. The summed E-state index contributed by atoms with van der Waals surface area (Å²) in [5, 5.41) is 2.96. The Balaban J connectivity index is 2.62. The molecule has 2 rings (SSSR count). The number of hydrogen-bond acceptors (Lipinski definition) is 2. The minimum atomic E-state index is -0.868. The van der Waals surface area contributed by atoms with E-state index in [2.05, 4.69) is 42.2 Å². The predicted molar refractivity (Wildman–Crippen MR) is 57.4 cm³/mol. The minimum absolute atomic E-state index is 0.197. The fourth-order valence-corrected chi connectivity index (χ4v) is 2.08. The fourth-order valence-electron chi connectivity index (χ4n) is 1.09. The molecule has 1 amide bonds. The normalized spacial score (nSPS) is 18.2. The van der Waals surface area contributed by atoms with E-state index in [0.29, 0.717) is 11.0 Å². The topological polar surface area (TPSA) is 42.0 Å². The van der Waals surface area contributed by atoms with Crippen molar-refractivity contribution in [1.82, 2.24) is 4.98 Å². The first-order valence-corrected chi connectivity index (χ1v) is 5.34. The molecule has 0 spiro atoms. The molecular formula is C7H3Br2ClN2O. The molecule has 0 fully saturated rings. The molecule has 1 aromatic heterocycles. The Labute approximate surface area is 96.1 Å².